The van der Waals surface area contributed by atoms with Crippen LogP contribution in [0.3, 0.4) is 0 Å². The first-order valence-corrected chi connectivity index (χ1v) is 4.10. The predicted octanol–water partition coefficient (Wildman–Crippen LogP) is 1.28. The molecule has 13 heavy (non-hydrogen) atoms. The van der Waals surface area contributed by atoms with E-state index in [4.69, 9.17) is 11.6 Å². The molecule has 0 atom stereocenters. The fourth-order valence-electron chi connectivity index (χ4n) is 1.13. The normalized spacial score (nSPS) is 10.5. The third kappa shape index (κ3) is 1.40. The first kappa shape index (κ1) is 8.19. The average Bonchev–Trinajstić information content (AvgIpc) is 2.49. The summed E-state index contributed by atoms with van der Waals surface area (Å²) >= 11 is 5.71. The Bertz CT molecular complexity index is 452. The van der Waals surface area contributed by atoms with Crippen molar-refractivity contribution in [2.45, 2.75) is 6.54 Å². The van der Waals surface area contributed by atoms with E-state index in [9.17, 15) is 4.79 Å². The maximum Gasteiger partial charge on any atom is 0.161 e. The van der Waals surface area contributed by atoms with Crippen LogP contribution in [0.2, 0.25) is 5.15 Å². The number of hydrogen-bond donors (Lipinski definition) is 0. The maximum atomic E-state index is 10.3. The summed E-state index contributed by atoms with van der Waals surface area (Å²) in [5.74, 6) is 0. The number of hydrogen-bond acceptors (Lipinski definition) is 3. The van der Waals surface area contributed by atoms with Gasteiger partial charge in [-0.3, -0.25) is 0 Å². The molecule has 0 aromatic carbocycles. The van der Waals surface area contributed by atoms with Crippen LogP contribution in [-0.2, 0) is 11.3 Å². The van der Waals surface area contributed by atoms with Crippen LogP contribution in [0.5, 0.6) is 0 Å². The molecule has 0 unspecified atom stereocenters. The van der Waals surface area contributed by atoms with Crippen LogP contribution in [0.4, 0.5) is 0 Å². The highest BCUT2D eigenvalue weighted by atomic mass is 35.5. The number of imidazole rings is 1. The lowest BCUT2D eigenvalue weighted by Gasteiger charge is -1.96. The summed E-state index contributed by atoms with van der Waals surface area (Å²) in [4.78, 5) is 18.4. The Labute approximate surface area is 79.2 Å². The van der Waals surface area contributed by atoms with Gasteiger partial charge in [-0.2, -0.15) is 0 Å². The minimum absolute atomic E-state index is 0.254. The van der Waals surface area contributed by atoms with Crippen molar-refractivity contribution in [2.24, 2.45) is 0 Å². The molecule has 0 radical (unpaired) electrons. The molecule has 0 aliphatic rings. The van der Waals surface area contributed by atoms with Gasteiger partial charge in [0.15, 0.2) is 5.65 Å². The molecule has 66 valence electrons. The second-order valence-corrected chi connectivity index (χ2v) is 2.93. The number of carbonyl (C=O) groups excluding carboxylic acids is 1. The smallest absolute Gasteiger partial charge is 0.161 e. The summed E-state index contributed by atoms with van der Waals surface area (Å²) in [5, 5.41) is 0.403. The van der Waals surface area contributed by atoms with Gasteiger partial charge in [0.05, 0.1) is 12.9 Å². The summed E-state index contributed by atoms with van der Waals surface area (Å²) in [6.07, 6.45) is 2.37. The SMILES string of the molecule is O=CCn1cnc2ccc(Cl)nc21. The highest BCUT2D eigenvalue weighted by Crippen LogP contribution is 2.13. The molecule has 2 aromatic heterocycles. The van der Waals surface area contributed by atoms with Crippen LogP contribution in [-0.4, -0.2) is 20.8 Å². The van der Waals surface area contributed by atoms with E-state index >= 15 is 0 Å². The molecule has 0 fully saturated rings. The quantitative estimate of drug-likeness (QED) is 0.536. The summed E-state index contributed by atoms with van der Waals surface area (Å²) in [6, 6.07) is 3.44. The second kappa shape index (κ2) is 3.14. The first-order chi connectivity index (χ1) is 6.31. The van der Waals surface area contributed by atoms with Crippen molar-refractivity contribution in [1.82, 2.24) is 14.5 Å². The Morgan fingerprint density at radius 3 is 3.15 bits per heavy atom. The van der Waals surface area contributed by atoms with Crippen molar-refractivity contribution in [3.8, 4) is 0 Å². The Kier molecular flexibility index (Phi) is 1.98. The van der Waals surface area contributed by atoms with E-state index in [2.05, 4.69) is 9.97 Å². The van der Waals surface area contributed by atoms with Crippen LogP contribution in [0.1, 0.15) is 0 Å². The van der Waals surface area contributed by atoms with Gasteiger partial charge >= 0.3 is 0 Å². The van der Waals surface area contributed by atoms with Crippen LogP contribution >= 0.6 is 11.6 Å². The Hall–Kier alpha value is -1.42. The van der Waals surface area contributed by atoms with Crippen LogP contribution in [0.25, 0.3) is 11.2 Å². The van der Waals surface area contributed by atoms with Crippen LogP contribution < -0.4 is 0 Å². The zero-order chi connectivity index (χ0) is 9.26. The molecular formula is C8H6ClN3O. The monoisotopic (exact) mass is 195 g/mol. The average molecular weight is 196 g/mol. The molecule has 2 heterocycles. The van der Waals surface area contributed by atoms with E-state index in [1.165, 1.54) is 0 Å². The predicted molar refractivity (Wildman–Crippen MR) is 48.6 cm³/mol. The molecular weight excluding hydrogens is 190 g/mol. The van der Waals surface area contributed by atoms with Gasteiger partial charge in [0.25, 0.3) is 0 Å². The van der Waals surface area contributed by atoms with Crippen molar-refractivity contribution >= 4 is 29.1 Å². The molecule has 0 N–H and O–H groups in total. The standard InChI is InChI=1S/C8H6ClN3O/c9-7-2-1-6-8(11-7)12(3-4-13)5-10-6/h1-2,4-5H,3H2. The molecule has 0 spiro atoms. The first-order valence-electron chi connectivity index (χ1n) is 3.72. The number of carbonyl (C=O) groups is 1. The lowest BCUT2D eigenvalue weighted by atomic mass is 10.4. The summed E-state index contributed by atoms with van der Waals surface area (Å²) in [5.41, 5.74) is 1.38. The molecule has 2 rings (SSSR count). The molecule has 4 nitrogen and oxygen atoms in total. The lowest BCUT2D eigenvalue weighted by molar-refractivity contribution is -0.108. The largest absolute Gasteiger partial charge is 0.308 e. The van der Waals surface area contributed by atoms with E-state index in [1.807, 2.05) is 0 Å². The highest BCUT2D eigenvalue weighted by molar-refractivity contribution is 6.29. The van der Waals surface area contributed by atoms with Crippen molar-refractivity contribution in [3.63, 3.8) is 0 Å². The third-order valence-corrected chi connectivity index (χ3v) is 1.91. The van der Waals surface area contributed by atoms with Crippen molar-refractivity contribution in [1.29, 1.82) is 0 Å². The minimum atomic E-state index is 0.254. The van der Waals surface area contributed by atoms with Gasteiger partial charge in [-0.25, -0.2) is 9.97 Å². The number of rotatable bonds is 2. The van der Waals surface area contributed by atoms with E-state index in [-0.39, 0.29) is 6.54 Å². The fraction of sp³-hybridized carbons (Fsp3) is 0.125. The zero-order valence-corrected chi connectivity index (χ0v) is 7.40. The summed E-state index contributed by atoms with van der Waals surface area (Å²) < 4.78 is 1.65. The maximum absolute atomic E-state index is 10.3. The fourth-order valence-corrected chi connectivity index (χ4v) is 1.27. The van der Waals surface area contributed by atoms with Gasteiger partial charge in [0.2, 0.25) is 0 Å². The lowest BCUT2D eigenvalue weighted by Crippen LogP contribution is -1.97. The van der Waals surface area contributed by atoms with Gasteiger partial charge < -0.3 is 9.36 Å². The van der Waals surface area contributed by atoms with Crippen molar-refractivity contribution in [3.05, 3.63) is 23.6 Å². The third-order valence-electron chi connectivity index (χ3n) is 1.70. The van der Waals surface area contributed by atoms with E-state index < -0.39 is 0 Å². The number of aromatic nitrogens is 3. The number of fused-ring (bicyclic) bond motifs is 1. The molecule has 0 saturated heterocycles. The minimum Gasteiger partial charge on any atom is -0.308 e. The van der Waals surface area contributed by atoms with Gasteiger partial charge in [0.1, 0.15) is 17.0 Å². The Balaban J connectivity index is 2.64. The number of halogens is 1. The number of aldehydes is 1. The van der Waals surface area contributed by atoms with Crippen molar-refractivity contribution < 1.29 is 4.79 Å². The van der Waals surface area contributed by atoms with E-state index in [0.29, 0.717) is 10.8 Å². The zero-order valence-electron chi connectivity index (χ0n) is 6.64. The highest BCUT2D eigenvalue weighted by Gasteiger charge is 2.03. The molecule has 0 saturated carbocycles. The summed E-state index contributed by atoms with van der Waals surface area (Å²) in [6.45, 7) is 0.254. The second-order valence-electron chi connectivity index (χ2n) is 2.54. The Morgan fingerprint density at radius 2 is 2.38 bits per heavy atom. The summed E-state index contributed by atoms with van der Waals surface area (Å²) in [7, 11) is 0. The number of pyridine rings is 1. The van der Waals surface area contributed by atoms with Gasteiger partial charge in [-0.15, -0.1) is 0 Å². The molecule has 2 aromatic rings. The van der Waals surface area contributed by atoms with Crippen LogP contribution in [0.15, 0.2) is 18.5 Å². The molecule has 0 aliphatic carbocycles. The topological polar surface area (TPSA) is 47.8 Å². The molecule has 5 heteroatoms. The van der Waals surface area contributed by atoms with Gasteiger partial charge in [0, 0.05) is 0 Å². The van der Waals surface area contributed by atoms with Gasteiger partial charge in [-0.1, -0.05) is 11.6 Å². The van der Waals surface area contributed by atoms with Crippen molar-refractivity contribution in [2.75, 3.05) is 0 Å². The van der Waals surface area contributed by atoms with E-state index in [0.717, 1.165) is 11.8 Å². The van der Waals surface area contributed by atoms with Crippen LogP contribution in [0, 0.1) is 0 Å². The molecule has 0 bridgehead atoms. The van der Waals surface area contributed by atoms with Gasteiger partial charge in [-0.05, 0) is 12.1 Å². The number of nitrogens with zero attached hydrogens (tertiary/aromatic N) is 3. The molecule has 0 aliphatic heterocycles. The molecule has 0 amide bonds. The Morgan fingerprint density at radius 1 is 1.54 bits per heavy atom. The van der Waals surface area contributed by atoms with E-state index in [1.54, 1.807) is 23.0 Å².